The lowest BCUT2D eigenvalue weighted by atomic mass is 10.1. The summed E-state index contributed by atoms with van der Waals surface area (Å²) >= 11 is 1.33. The minimum absolute atomic E-state index is 0.0356. The van der Waals surface area contributed by atoms with E-state index >= 15 is 0 Å². The number of benzene rings is 1. The molecule has 0 fully saturated rings. The second-order valence-corrected chi connectivity index (χ2v) is 9.40. The molecule has 0 aliphatic heterocycles. The Bertz CT molecular complexity index is 1380. The molecule has 3 heterocycles. The molecule has 7 nitrogen and oxygen atoms in total. The molecule has 4 aromatic rings. The van der Waals surface area contributed by atoms with E-state index in [1.54, 1.807) is 29.1 Å². The maximum Gasteiger partial charge on any atom is 0.268 e. The number of rotatable bonds is 6. The number of nitrogens with zero attached hydrogens (tertiary/aromatic N) is 4. The van der Waals surface area contributed by atoms with Gasteiger partial charge in [0, 0.05) is 22.8 Å². The molecule has 1 unspecified atom stereocenters. The van der Waals surface area contributed by atoms with Crippen molar-refractivity contribution < 1.29 is 9.18 Å². The SMILES string of the molecule is Cc1nc2scc(CC(=O)NC(C)C(C)C)n2c(=O)c1-c1cc(C)n(-c2ccc(F)cc2)n1. The zero-order valence-corrected chi connectivity index (χ0v) is 20.0. The highest BCUT2D eigenvalue weighted by atomic mass is 32.1. The molecule has 1 atom stereocenters. The third-order valence-electron chi connectivity index (χ3n) is 5.77. The van der Waals surface area contributed by atoms with Crippen LogP contribution >= 0.6 is 11.3 Å². The lowest BCUT2D eigenvalue weighted by Crippen LogP contribution is -2.37. The van der Waals surface area contributed by atoms with E-state index in [0.717, 1.165) is 5.69 Å². The fraction of sp³-hybridized carbons (Fsp3) is 0.333. The first kappa shape index (κ1) is 22.8. The van der Waals surface area contributed by atoms with Gasteiger partial charge in [-0.2, -0.15) is 5.10 Å². The van der Waals surface area contributed by atoms with Crippen LogP contribution in [-0.4, -0.2) is 31.1 Å². The molecule has 1 amide bonds. The molecule has 4 rings (SSSR count). The van der Waals surface area contributed by atoms with E-state index in [2.05, 4.69) is 15.4 Å². The number of fused-ring (bicyclic) bond motifs is 1. The maximum atomic E-state index is 13.5. The van der Waals surface area contributed by atoms with Gasteiger partial charge in [-0.3, -0.25) is 14.0 Å². The summed E-state index contributed by atoms with van der Waals surface area (Å²) in [5, 5.41) is 9.39. The van der Waals surface area contributed by atoms with Gasteiger partial charge in [-0.05, 0) is 57.0 Å². The van der Waals surface area contributed by atoms with Gasteiger partial charge in [0.25, 0.3) is 5.56 Å². The quantitative estimate of drug-likeness (QED) is 0.464. The second-order valence-electron chi connectivity index (χ2n) is 8.56. The van der Waals surface area contributed by atoms with Crippen LogP contribution in [0.5, 0.6) is 0 Å². The van der Waals surface area contributed by atoms with E-state index in [4.69, 9.17) is 0 Å². The number of thiazole rings is 1. The summed E-state index contributed by atoms with van der Waals surface area (Å²) in [6.45, 7) is 9.70. The summed E-state index contributed by atoms with van der Waals surface area (Å²) in [5.41, 5.74) is 3.25. The van der Waals surface area contributed by atoms with Crippen LogP contribution in [0.3, 0.4) is 0 Å². The van der Waals surface area contributed by atoms with E-state index in [1.165, 1.54) is 27.9 Å². The fourth-order valence-electron chi connectivity index (χ4n) is 3.60. The standard InChI is InChI=1S/C24H26FN5O2S/c1-13(2)15(4)26-21(31)11-19-12-33-24-27-16(5)22(23(32)29(19)24)20-10-14(3)30(28-20)18-8-6-17(25)7-9-18/h6-10,12-13,15H,11H2,1-5H3,(H,26,31). The van der Waals surface area contributed by atoms with E-state index in [-0.39, 0.29) is 29.7 Å². The van der Waals surface area contributed by atoms with Crippen molar-refractivity contribution in [1.29, 1.82) is 0 Å². The van der Waals surface area contributed by atoms with Crippen LogP contribution in [0.25, 0.3) is 21.9 Å². The lowest BCUT2D eigenvalue weighted by Gasteiger charge is -2.17. The van der Waals surface area contributed by atoms with Crippen molar-refractivity contribution in [2.75, 3.05) is 0 Å². The Hall–Kier alpha value is -3.33. The van der Waals surface area contributed by atoms with Crippen molar-refractivity contribution >= 4 is 22.2 Å². The summed E-state index contributed by atoms with van der Waals surface area (Å²) < 4.78 is 16.5. The normalized spacial score (nSPS) is 12.5. The first-order chi connectivity index (χ1) is 15.7. The van der Waals surface area contributed by atoms with E-state index in [1.807, 2.05) is 33.8 Å². The first-order valence-electron chi connectivity index (χ1n) is 10.8. The van der Waals surface area contributed by atoms with Gasteiger partial charge in [-0.1, -0.05) is 13.8 Å². The van der Waals surface area contributed by atoms with Crippen LogP contribution in [-0.2, 0) is 11.2 Å². The van der Waals surface area contributed by atoms with Gasteiger partial charge in [0.05, 0.1) is 23.4 Å². The average Bonchev–Trinajstić information content (AvgIpc) is 3.32. The smallest absolute Gasteiger partial charge is 0.268 e. The summed E-state index contributed by atoms with van der Waals surface area (Å²) in [5.74, 6) is -0.156. The largest absolute Gasteiger partial charge is 0.353 e. The molecule has 33 heavy (non-hydrogen) atoms. The van der Waals surface area contributed by atoms with Gasteiger partial charge in [0.1, 0.15) is 11.5 Å². The van der Waals surface area contributed by atoms with E-state index in [0.29, 0.717) is 39.2 Å². The molecule has 0 saturated heterocycles. The minimum atomic E-state index is -0.329. The number of carbonyl (C=O) groups is 1. The molecular formula is C24H26FN5O2S. The van der Waals surface area contributed by atoms with Crippen molar-refractivity contribution in [3.05, 3.63) is 69.0 Å². The summed E-state index contributed by atoms with van der Waals surface area (Å²) in [7, 11) is 0. The monoisotopic (exact) mass is 467 g/mol. The van der Waals surface area contributed by atoms with Gasteiger partial charge in [0.15, 0.2) is 4.96 Å². The predicted molar refractivity (Wildman–Crippen MR) is 127 cm³/mol. The van der Waals surface area contributed by atoms with Crippen LogP contribution < -0.4 is 10.9 Å². The van der Waals surface area contributed by atoms with Crippen molar-refractivity contribution in [3.63, 3.8) is 0 Å². The molecule has 0 aliphatic carbocycles. The molecule has 0 bridgehead atoms. The zero-order chi connectivity index (χ0) is 23.9. The lowest BCUT2D eigenvalue weighted by molar-refractivity contribution is -0.121. The van der Waals surface area contributed by atoms with Crippen LogP contribution in [0.4, 0.5) is 4.39 Å². The Morgan fingerprint density at radius 1 is 1.18 bits per heavy atom. The number of aromatic nitrogens is 4. The Balaban J connectivity index is 1.75. The van der Waals surface area contributed by atoms with Crippen LogP contribution in [0, 0.1) is 25.6 Å². The molecule has 0 saturated carbocycles. The third-order valence-corrected chi connectivity index (χ3v) is 6.64. The van der Waals surface area contributed by atoms with E-state index < -0.39 is 0 Å². The first-order valence-corrected chi connectivity index (χ1v) is 11.7. The van der Waals surface area contributed by atoms with Crippen molar-refractivity contribution in [2.24, 2.45) is 5.92 Å². The minimum Gasteiger partial charge on any atom is -0.353 e. The molecular weight excluding hydrogens is 441 g/mol. The van der Waals surface area contributed by atoms with Crippen LogP contribution in [0.15, 0.2) is 40.5 Å². The zero-order valence-electron chi connectivity index (χ0n) is 19.2. The maximum absolute atomic E-state index is 13.5. The molecule has 0 radical (unpaired) electrons. The molecule has 172 valence electrons. The number of hydrogen-bond donors (Lipinski definition) is 1. The molecule has 3 aromatic heterocycles. The van der Waals surface area contributed by atoms with Gasteiger partial charge < -0.3 is 5.32 Å². The number of amides is 1. The highest BCUT2D eigenvalue weighted by Crippen LogP contribution is 2.23. The number of carbonyl (C=O) groups excluding carboxylic acids is 1. The number of aryl methyl sites for hydroxylation is 2. The van der Waals surface area contributed by atoms with Gasteiger partial charge in [-0.25, -0.2) is 14.1 Å². The Labute approximate surface area is 194 Å². The summed E-state index contributed by atoms with van der Waals surface area (Å²) in [4.78, 5) is 31.2. The molecule has 0 aliphatic rings. The van der Waals surface area contributed by atoms with Crippen molar-refractivity contribution in [1.82, 2.24) is 24.5 Å². The molecule has 0 spiro atoms. The number of nitrogens with one attached hydrogen (secondary N) is 1. The second kappa shape index (κ2) is 8.90. The van der Waals surface area contributed by atoms with Gasteiger partial charge in [-0.15, -0.1) is 11.3 Å². The molecule has 9 heteroatoms. The highest BCUT2D eigenvalue weighted by Gasteiger charge is 2.20. The van der Waals surface area contributed by atoms with E-state index in [9.17, 15) is 14.0 Å². The predicted octanol–water partition coefficient (Wildman–Crippen LogP) is 4.07. The Morgan fingerprint density at radius 3 is 2.55 bits per heavy atom. The molecule has 1 N–H and O–H groups in total. The summed E-state index contributed by atoms with van der Waals surface area (Å²) in [6, 6.07) is 7.85. The Kier molecular flexibility index (Phi) is 6.16. The molecule has 1 aromatic carbocycles. The topological polar surface area (TPSA) is 81.3 Å². The summed E-state index contributed by atoms with van der Waals surface area (Å²) in [6.07, 6.45) is 0.0875. The van der Waals surface area contributed by atoms with Gasteiger partial charge in [0.2, 0.25) is 5.91 Å². The highest BCUT2D eigenvalue weighted by molar-refractivity contribution is 7.15. The fourth-order valence-corrected chi connectivity index (χ4v) is 4.53. The number of halogens is 1. The van der Waals surface area contributed by atoms with Crippen LogP contribution in [0.1, 0.15) is 37.9 Å². The van der Waals surface area contributed by atoms with Crippen molar-refractivity contribution in [3.8, 4) is 16.9 Å². The number of hydrogen-bond acceptors (Lipinski definition) is 5. The third kappa shape index (κ3) is 4.45. The van der Waals surface area contributed by atoms with Gasteiger partial charge >= 0.3 is 0 Å². The average molecular weight is 468 g/mol. The Morgan fingerprint density at radius 2 is 1.88 bits per heavy atom. The van der Waals surface area contributed by atoms with Crippen molar-refractivity contribution in [2.45, 2.75) is 47.1 Å². The van der Waals surface area contributed by atoms with Crippen LogP contribution in [0.2, 0.25) is 0 Å².